The number of carbonyl (C=O) groups is 1. The van der Waals surface area contributed by atoms with Crippen molar-refractivity contribution in [3.8, 4) is 0 Å². The van der Waals surface area contributed by atoms with Crippen LogP contribution in [0.5, 0.6) is 0 Å². The van der Waals surface area contributed by atoms with Gasteiger partial charge in [-0.05, 0) is 49.9 Å². The van der Waals surface area contributed by atoms with Gasteiger partial charge in [0.1, 0.15) is 0 Å². The quantitative estimate of drug-likeness (QED) is 0.730. The van der Waals surface area contributed by atoms with Gasteiger partial charge in [-0.2, -0.15) is 0 Å². The van der Waals surface area contributed by atoms with E-state index in [-0.39, 0.29) is 30.5 Å². The van der Waals surface area contributed by atoms with Gasteiger partial charge in [0.05, 0.1) is 29.4 Å². The van der Waals surface area contributed by atoms with Gasteiger partial charge < -0.3 is 15.7 Å². The number of nitrogens with one attached hydrogen (secondary N) is 2. The van der Waals surface area contributed by atoms with Crippen LogP contribution < -0.4 is 16.2 Å². The maximum Gasteiger partial charge on any atom is 0.261 e. The van der Waals surface area contributed by atoms with Crippen LogP contribution >= 0.6 is 0 Å². The van der Waals surface area contributed by atoms with E-state index in [1.54, 1.807) is 18.2 Å². The summed E-state index contributed by atoms with van der Waals surface area (Å²) in [6.07, 6.45) is 2.72. The fraction of sp³-hybridized carbons (Fsp3) is 0.526. The summed E-state index contributed by atoms with van der Waals surface area (Å²) < 4.78 is 1.47. The third-order valence-corrected chi connectivity index (χ3v) is 5.70. The van der Waals surface area contributed by atoms with Gasteiger partial charge in [0.25, 0.3) is 5.56 Å². The molecule has 1 saturated carbocycles. The van der Waals surface area contributed by atoms with E-state index < -0.39 is 6.10 Å². The number of hydrogen-bond donors (Lipinski definition) is 3. The van der Waals surface area contributed by atoms with Crippen LogP contribution in [0.1, 0.15) is 19.3 Å². The number of amides is 1. The Morgan fingerprint density at radius 2 is 2.04 bits per heavy atom. The summed E-state index contributed by atoms with van der Waals surface area (Å²) in [6.45, 7) is 2.20. The van der Waals surface area contributed by atoms with Crippen molar-refractivity contribution < 1.29 is 9.90 Å². The summed E-state index contributed by atoms with van der Waals surface area (Å²) in [5.41, 5.74) is 0.518. The third-order valence-electron chi connectivity index (χ3n) is 5.70. The van der Waals surface area contributed by atoms with Crippen LogP contribution in [0.4, 0.5) is 0 Å². The maximum atomic E-state index is 12.5. The third kappa shape index (κ3) is 3.37. The Bertz CT molecular complexity index is 865. The summed E-state index contributed by atoms with van der Waals surface area (Å²) >= 11 is 0. The van der Waals surface area contributed by atoms with Gasteiger partial charge in [-0.25, -0.2) is 4.98 Å². The van der Waals surface area contributed by atoms with E-state index in [9.17, 15) is 14.7 Å². The SMILES string of the molecule is O=C(CCn1cnc2ccccc2c1=O)N[C@H]1C[C@H]2CNC[C@H]2C[C@@H]1O. The molecule has 0 spiro atoms. The standard InChI is InChI=1S/C19H24N4O3/c24-17-8-13-10-20-9-12(13)7-16(17)22-18(25)5-6-23-11-21-15-4-2-1-3-14(15)19(23)26/h1-4,11-13,16-17,20,24H,5-10H2,(H,22,25)/t12-,13+,16-,17-/m0/s1. The van der Waals surface area contributed by atoms with Crippen molar-refractivity contribution in [2.24, 2.45) is 11.8 Å². The minimum Gasteiger partial charge on any atom is -0.391 e. The van der Waals surface area contributed by atoms with E-state index in [2.05, 4.69) is 15.6 Å². The molecule has 2 fully saturated rings. The summed E-state index contributed by atoms with van der Waals surface area (Å²) in [7, 11) is 0. The topological polar surface area (TPSA) is 96.2 Å². The molecule has 7 nitrogen and oxygen atoms in total. The molecule has 0 bridgehead atoms. The number of hydrogen-bond acceptors (Lipinski definition) is 5. The average molecular weight is 356 g/mol. The average Bonchev–Trinajstić information content (AvgIpc) is 3.09. The van der Waals surface area contributed by atoms with E-state index in [1.807, 2.05) is 6.07 Å². The van der Waals surface area contributed by atoms with Crippen molar-refractivity contribution in [2.45, 2.75) is 38.0 Å². The first kappa shape index (κ1) is 17.2. The highest BCUT2D eigenvalue weighted by Crippen LogP contribution is 2.32. The number of aryl methyl sites for hydroxylation is 1. The molecule has 1 aromatic carbocycles. The molecule has 2 aromatic rings. The van der Waals surface area contributed by atoms with E-state index in [1.165, 1.54) is 10.9 Å². The highest BCUT2D eigenvalue weighted by Gasteiger charge is 2.39. The molecule has 1 aliphatic carbocycles. The molecule has 1 aromatic heterocycles. The van der Waals surface area contributed by atoms with Crippen LogP contribution in [0.3, 0.4) is 0 Å². The summed E-state index contributed by atoms with van der Waals surface area (Å²) in [6, 6.07) is 6.98. The zero-order valence-electron chi connectivity index (χ0n) is 14.6. The lowest BCUT2D eigenvalue weighted by Gasteiger charge is -2.35. The van der Waals surface area contributed by atoms with E-state index in [0.717, 1.165) is 25.9 Å². The van der Waals surface area contributed by atoms with Crippen molar-refractivity contribution in [1.82, 2.24) is 20.2 Å². The smallest absolute Gasteiger partial charge is 0.261 e. The number of fused-ring (bicyclic) bond motifs is 2. The first-order valence-corrected chi connectivity index (χ1v) is 9.24. The Balaban J connectivity index is 1.37. The fourth-order valence-electron chi connectivity index (χ4n) is 4.22. The summed E-state index contributed by atoms with van der Waals surface area (Å²) in [4.78, 5) is 29.0. The largest absolute Gasteiger partial charge is 0.391 e. The molecule has 4 atom stereocenters. The van der Waals surface area contributed by atoms with Gasteiger partial charge >= 0.3 is 0 Å². The lowest BCUT2D eigenvalue weighted by atomic mass is 9.77. The number of rotatable bonds is 4. The highest BCUT2D eigenvalue weighted by molar-refractivity contribution is 5.77. The molecule has 1 aliphatic heterocycles. The molecule has 7 heteroatoms. The lowest BCUT2D eigenvalue weighted by Crippen LogP contribution is -2.49. The minimum atomic E-state index is -0.495. The molecule has 2 heterocycles. The molecule has 138 valence electrons. The van der Waals surface area contributed by atoms with Crippen LogP contribution in [0.25, 0.3) is 10.9 Å². The Morgan fingerprint density at radius 3 is 2.88 bits per heavy atom. The molecule has 4 rings (SSSR count). The summed E-state index contributed by atoms with van der Waals surface area (Å²) in [5.74, 6) is 0.898. The second kappa shape index (κ2) is 7.17. The monoisotopic (exact) mass is 356 g/mol. The minimum absolute atomic E-state index is 0.138. The maximum absolute atomic E-state index is 12.5. The van der Waals surface area contributed by atoms with Gasteiger partial charge in [0.2, 0.25) is 5.91 Å². The number of para-hydroxylation sites is 1. The van der Waals surface area contributed by atoms with E-state index in [0.29, 0.717) is 22.7 Å². The molecule has 26 heavy (non-hydrogen) atoms. The molecule has 3 N–H and O–H groups in total. The Hall–Kier alpha value is -2.25. The van der Waals surface area contributed by atoms with Gasteiger partial charge in [-0.3, -0.25) is 14.2 Å². The predicted molar refractivity (Wildman–Crippen MR) is 97.6 cm³/mol. The Morgan fingerprint density at radius 1 is 1.27 bits per heavy atom. The number of aromatic nitrogens is 2. The number of aliphatic hydroxyl groups excluding tert-OH is 1. The number of carbonyl (C=O) groups excluding carboxylic acids is 1. The highest BCUT2D eigenvalue weighted by atomic mass is 16.3. The van der Waals surface area contributed by atoms with Crippen molar-refractivity contribution in [3.05, 3.63) is 40.9 Å². The van der Waals surface area contributed by atoms with Crippen molar-refractivity contribution in [1.29, 1.82) is 0 Å². The van der Waals surface area contributed by atoms with Gasteiger partial charge in [0.15, 0.2) is 0 Å². The van der Waals surface area contributed by atoms with Crippen molar-refractivity contribution in [3.63, 3.8) is 0 Å². The van der Waals surface area contributed by atoms with Crippen molar-refractivity contribution >= 4 is 16.8 Å². The van der Waals surface area contributed by atoms with Crippen molar-refractivity contribution in [2.75, 3.05) is 13.1 Å². The molecular formula is C19H24N4O3. The molecule has 0 unspecified atom stereocenters. The second-order valence-corrected chi connectivity index (χ2v) is 7.40. The normalized spacial score (nSPS) is 28.0. The zero-order valence-corrected chi connectivity index (χ0v) is 14.6. The van der Waals surface area contributed by atoms with Gasteiger partial charge in [-0.1, -0.05) is 12.1 Å². The molecule has 1 saturated heterocycles. The predicted octanol–water partition coefficient (Wildman–Crippen LogP) is 0.262. The lowest BCUT2D eigenvalue weighted by molar-refractivity contribution is -0.123. The zero-order chi connectivity index (χ0) is 18.1. The van der Waals surface area contributed by atoms with Crippen LogP contribution in [0, 0.1) is 11.8 Å². The summed E-state index contributed by atoms with van der Waals surface area (Å²) in [5, 5.41) is 17.2. The number of nitrogens with zero attached hydrogens (tertiary/aromatic N) is 2. The molecular weight excluding hydrogens is 332 g/mol. The van der Waals surface area contributed by atoms with Crippen LogP contribution in [-0.4, -0.2) is 45.8 Å². The van der Waals surface area contributed by atoms with Crippen LogP contribution in [0.2, 0.25) is 0 Å². The molecule has 0 radical (unpaired) electrons. The second-order valence-electron chi connectivity index (χ2n) is 7.40. The first-order valence-electron chi connectivity index (χ1n) is 9.24. The fourth-order valence-corrected chi connectivity index (χ4v) is 4.22. The van der Waals surface area contributed by atoms with Gasteiger partial charge in [0, 0.05) is 13.0 Å². The number of aliphatic hydroxyl groups is 1. The van der Waals surface area contributed by atoms with E-state index in [4.69, 9.17) is 0 Å². The Labute approximate surface area is 151 Å². The Kier molecular flexibility index (Phi) is 4.74. The molecule has 1 amide bonds. The van der Waals surface area contributed by atoms with Gasteiger partial charge in [-0.15, -0.1) is 0 Å². The van der Waals surface area contributed by atoms with Crippen LogP contribution in [-0.2, 0) is 11.3 Å². The molecule has 2 aliphatic rings. The van der Waals surface area contributed by atoms with Crippen LogP contribution in [0.15, 0.2) is 35.4 Å². The number of benzene rings is 1. The van der Waals surface area contributed by atoms with E-state index >= 15 is 0 Å². The first-order chi connectivity index (χ1) is 12.6.